The number of ether oxygens (including phenoxy) is 1. The van der Waals surface area contributed by atoms with Crippen LogP contribution in [0.2, 0.25) is 0 Å². The van der Waals surface area contributed by atoms with E-state index in [-0.39, 0.29) is 11.9 Å². The van der Waals surface area contributed by atoms with Crippen LogP contribution in [0.3, 0.4) is 0 Å². The van der Waals surface area contributed by atoms with Gasteiger partial charge in [0.1, 0.15) is 11.2 Å². The normalized spacial score (nSPS) is 22.1. The van der Waals surface area contributed by atoms with Crippen molar-refractivity contribution in [3.8, 4) is 11.1 Å². The molecule has 0 unspecified atom stereocenters. The zero-order valence-electron chi connectivity index (χ0n) is 18.3. The molecule has 2 aromatic heterocycles. The average Bonchev–Trinajstić information content (AvgIpc) is 3.49. The van der Waals surface area contributed by atoms with Gasteiger partial charge < -0.3 is 25.0 Å². The molecular formula is C25H28N4O3. The van der Waals surface area contributed by atoms with Gasteiger partial charge in [-0.3, -0.25) is 4.79 Å². The second-order valence-electron chi connectivity index (χ2n) is 9.38. The standard InChI is InChI=1S/C25H28N4O3/c1-15-11-27-23-19(15)10-18(12-28-23)17-8-16-2-6-29(24(30)25(31)3-4-25)13-21(16)20(9-17)22-14-32-7-5-26-22/h8-12,22,26,31H,2-7,13-14H2,1H3,(H,27,28)/t22-/m0/s1. The number of hydrogen-bond acceptors (Lipinski definition) is 5. The summed E-state index contributed by atoms with van der Waals surface area (Å²) < 4.78 is 5.78. The summed E-state index contributed by atoms with van der Waals surface area (Å²) in [6.45, 7) is 5.40. The highest BCUT2D eigenvalue weighted by atomic mass is 16.5. The molecule has 6 rings (SSSR count). The van der Waals surface area contributed by atoms with Crippen molar-refractivity contribution < 1.29 is 14.6 Å². The monoisotopic (exact) mass is 432 g/mol. The van der Waals surface area contributed by atoms with Gasteiger partial charge in [0.25, 0.3) is 5.91 Å². The Hall–Kier alpha value is -2.74. The van der Waals surface area contributed by atoms with Gasteiger partial charge in [0, 0.05) is 43.0 Å². The first-order valence-corrected chi connectivity index (χ1v) is 11.4. The Morgan fingerprint density at radius 2 is 2.16 bits per heavy atom. The topological polar surface area (TPSA) is 90.5 Å². The third-order valence-corrected chi connectivity index (χ3v) is 7.15. The molecule has 0 spiro atoms. The molecule has 1 saturated heterocycles. The number of amides is 1. The number of rotatable bonds is 3. The number of carbonyl (C=O) groups excluding carboxylic acids is 1. The van der Waals surface area contributed by atoms with Crippen LogP contribution >= 0.6 is 0 Å². The van der Waals surface area contributed by atoms with Crippen LogP contribution < -0.4 is 5.32 Å². The van der Waals surface area contributed by atoms with E-state index in [9.17, 15) is 9.90 Å². The molecule has 0 radical (unpaired) electrons. The fraction of sp³-hybridized carbons (Fsp3) is 0.440. The summed E-state index contributed by atoms with van der Waals surface area (Å²) in [5.74, 6) is -0.122. The first-order valence-electron chi connectivity index (χ1n) is 11.4. The SMILES string of the molecule is Cc1c[nH]c2ncc(-c3cc4c(c([C@@H]5COCCN5)c3)CN(C(=O)C3(O)CC3)CC4)cc12. The number of aromatic nitrogens is 2. The first-order chi connectivity index (χ1) is 15.5. The zero-order chi connectivity index (χ0) is 21.9. The number of nitrogens with zero attached hydrogens (tertiary/aromatic N) is 2. The summed E-state index contributed by atoms with van der Waals surface area (Å²) >= 11 is 0. The molecule has 2 fully saturated rings. The molecule has 1 atom stereocenters. The van der Waals surface area contributed by atoms with Gasteiger partial charge in [-0.05, 0) is 66.1 Å². The van der Waals surface area contributed by atoms with Crippen LogP contribution in [0.1, 0.15) is 41.1 Å². The fourth-order valence-electron chi connectivity index (χ4n) is 5.03. The van der Waals surface area contributed by atoms with Crippen LogP contribution in [0.25, 0.3) is 22.2 Å². The Morgan fingerprint density at radius 1 is 1.28 bits per heavy atom. The maximum absolute atomic E-state index is 12.8. The van der Waals surface area contributed by atoms with Gasteiger partial charge >= 0.3 is 0 Å². The predicted molar refractivity (Wildman–Crippen MR) is 121 cm³/mol. The van der Waals surface area contributed by atoms with Gasteiger partial charge in [-0.25, -0.2) is 4.98 Å². The number of pyridine rings is 1. The lowest BCUT2D eigenvalue weighted by Gasteiger charge is -2.35. The number of aromatic amines is 1. The highest BCUT2D eigenvalue weighted by Crippen LogP contribution is 2.39. The molecule has 0 bridgehead atoms. The van der Waals surface area contributed by atoms with Crippen LogP contribution in [0.4, 0.5) is 0 Å². The Bertz CT molecular complexity index is 1210. The lowest BCUT2D eigenvalue weighted by Crippen LogP contribution is -2.44. The number of fused-ring (bicyclic) bond motifs is 2. The lowest BCUT2D eigenvalue weighted by molar-refractivity contribution is -0.143. The minimum atomic E-state index is -1.13. The third kappa shape index (κ3) is 3.32. The summed E-state index contributed by atoms with van der Waals surface area (Å²) in [5, 5.41) is 15.1. The second-order valence-corrected chi connectivity index (χ2v) is 9.38. The van der Waals surface area contributed by atoms with Crippen LogP contribution in [0.5, 0.6) is 0 Å². The Morgan fingerprint density at radius 3 is 2.94 bits per heavy atom. The van der Waals surface area contributed by atoms with Gasteiger partial charge in [0.2, 0.25) is 0 Å². The van der Waals surface area contributed by atoms with E-state index in [1.54, 1.807) is 0 Å². The number of aliphatic hydroxyl groups is 1. The maximum Gasteiger partial charge on any atom is 0.254 e. The molecule has 7 nitrogen and oxygen atoms in total. The molecule has 1 saturated carbocycles. The summed E-state index contributed by atoms with van der Waals surface area (Å²) in [6, 6.07) is 6.77. The minimum absolute atomic E-state index is 0.0854. The van der Waals surface area contributed by atoms with E-state index in [0.717, 1.165) is 35.1 Å². The predicted octanol–water partition coefficient (Wildman–Crippen LogP) is 2.61. The van der Waals surface area contributed by atoms with Gasteiger partial charge in [0.15, 0.2) is 0 Å². The molecular weight excluding hydrogens is 404 g/mol. The number of hydrogen-bond donors (Lipinski definition) is 3. The Balaban J connectivity index is 1.42. The van der Waals surface area contributed by atoms with Crippen LogP contribution in [0, 0.1) is 6.92 Å². The van der Waals surface area contributed by atoms with Gasteiger partial charge in [-0.15, -0.1) is 0 Å². The number of nitrogens with one attached hydrogen (secondary N) is 2. The third-order valence-electron chi connectivity index (χ3n) is 7.15. The molecule has 1 aromatic carbocycles. The molecule has 32 heavy (non-hydrogen) atoms. The molecule has 4 heterocycles. The number of morpholine rings is 1. The Kier molecular flexibility index (Phi) is 4.61. The van der Waals surface area contributed by atoms with Crippen molar-refractivity contribution in [2.45, 2.75) is 44.4 Å². The lowest BCUT2D eigenvalue weighted by atomic mass is 9.87. The van der Waals surface area contributed by atoms with E-state index in [1.165, 1.54) is 22.3 Å². The summed E-state index contributed by atoms with van der Waals surface area (Å²) in [7, 11) is 0. The highest BCUT2D eigenvalue weighted by molar-refractivity contribution is 5.88. The van der Waals surface area contributed by atoms with Crippen LogP contribution in [-0.4, -0.2) is 57.8 Å². The molecule has 3 N–H and O–H groups in total. The quantitative estimate of drug-likeness (QED) is 0.592. The van der Waals surface area contributed by atoms with Gasteiger partial charge in [-0.1, -0.05) is 6.07 Å². The molecule has 3 aromatic rings. The Labute approximate surface area is 186 Å². The minimum Gasteiger partial charge on any atom is -0.380 e. The number of carbonyl (C=O) groups is 1. The van der Waals surface area contributed by atoms with Crippen molar-refractivity contribution in [2.24, 2.45) is 0 Å². The van der Waals surface area contributed by atoms with E-state index in [2.05, 4.69) is 40.4 Å². The van der Waals surface area contributed by atoms with E-state index in [0.29, 0.717) is 39.1 Å². The van der Waals surface area contributed by atoms with E-state index in [1.807, 2.05) is 17.3 Å². The zero-order valence-corrected chi connectivity index (χ0v) is 18.3. The fourth-order valence-corrected chi connectivity index (χ4v) is 5.03. The molecule has 1 amide bonds. The van der Waals surface area contributed by atoms with Gasteiger partial charge in [0.05, 0.1) is 19.3 Å². The van der Waals surface area contributed by atoms with Crippen LogP contribution in [0.15, 0.2) is 30.6 Å². The molecule has 3 aliphatic rings. The van der Waals surface area contributed by atoms with Crippen LogP contribution in [-0.2, 0) is 22.5 Å². The second kappa shape index (κ2) is 7.40. The van der Waals surface area contributed by atoms with Crippen molar-refractivity contribution >= 4 is 16.9 Å². The van der Waals surface area contributed by atoms with E-state index in [4.69, 9.17) is 4.74 Å². The maximum atomic E-state index is 12.8. The summed E-state index contributed by atoms with van der Waals surface area (Å²) in [4.78, 5) is 22.5. The number of benzene rings is 1. The van der Waals surface area contributed by atoms with E-state index >= 15 is 0 Å². The van der Waals surface area contributed by atoms with Crippen molar-refractivity contribution in [1.29, 1.82) is 0 Å². The molecule has 7 heteroatoms. The summed E-state index contributed by atoms with van der Waals surface area (Å²) in [6.07, 6.45) is 5.85. The number of aryl methyl sites for hydroxylation is 1. The highest BCUT2D eigenvalue weighted by Gasteiger charge is 2.50. The number of H-pyrrole nitrogens is 1. The van der Waals surface area contributed by atoms with E-state index < -0.39 is 5.60 Å². The largest absolute Gasteiger partial charge is 0.380 e. The summed E-state index contributed by atoms with van der Waals surface area (Å²) in [5.41, 5.74) is 6.83. The first kappa shape index (κ1) is 19.9. The van der Waals surface area contributed by atoms with Crippen molar-refractivity contribution in [3.63, 3.8) is 0 Å². The van der Waals surface area contributed by atoms with Crippen molar-refractivity contribution in [1.82, 2.24) is 20.2 Å². The molecule has 166 valence electrons. The average molecular weight is 433 g/mol. The van der Waals surface area contributed by atoms with Gasteiger partial charge in [-0.2, -0.15) is 0 Å². The molecule has 1 aliphatic carbocycles. The molecule has 2 aliphatic heterocycles. The van der Waals surface area contributed by atoms with Crippen molar-refractivity contribution in [3.05, 3.63) is 52.8 Å². The van der Waals surface area contributed by atoms with Crippen molar-refractivity contribution in [2.75, 3.05) is 26.3 Å². The smallest absolute Gasteiger partial charge is 0.254 e.